The number of hydrogen-bond acceptors (Lipinski definition) is 5. The molecule has 3 rings (SSSR count). The number of para-hydroxylation sites is 1. The standard InChI is InChI=1S/C22H29N5O3.C5H12/c1-26(2)19(10-15-8-9-15)22(30)24-13-20(28)27-14-16(11-18(27)12-23)21(29)25-17-6-4-3-5-7-17;1-5(2,3)4/h3-7,15-16,18-19H,8-11,13-14H2,1-2H3,(H,24,30)(H,25,29);1-4H3. The van der Waals surface area contributed by atoms with E-state index in [4.69, 9.17) is 0 Å². The van der Waals surface area contributed by atoms with E-state index >= 15 is 0 Å². The van der Waals surface area contributed by atoms with Gasteiger partial charge in [0.25, 0.3) is 0 Å². The van der Waals surface area contributed by atoms with Crippen molar-refractivity contribution in [1.82, 2.24) is 15.1 Å². The Morgan fingerprint density at radius 3 is 2.26 bits per heavy atom. The lowest BCUT2D eigenvalue weighted by Gasteiger charge is -2.24. The van der Waals surface area contributed by atoms with Gasteiger partial charge in [0.2, 0.25) is 17.7 Å². The minimum absolute atomic E-state index is 0.168. The van der Waals surface area contributed by atoms with E-state index < -0.39 is 12.0 Å². The summed E-state index contributed by atoms with van der Waals surface area (Å²) in [6.07, 6.45) is 3.39. The van der Waals surface area contributed by atoms with Crippen molar-refractivity contribution < 1.29 is 14.4 Å². The van der Waals surface area contributed by atoms with Gasteiger partial charge in [-0.05, 0) is 50.4 Å². The Bertz CT molecular complexity index is 894. The molecule has 0 radical (unpaired) electrons. The van der Waals surface area contributed by atoms with E-state index in [1.807, 2.05) is 37.2 Å². The zero-order valence-electron chi connectivity index (χ0n) is 22.0. The van der Waals surface area contributed by atoms with Gasteiger partial charge in [-0.3, -0.25) is 19.3 Å². The molecule has 1 saturated heterocycles. The van der Waals surface area contributed by atoms with Crippen molar-refractivity contribution in [2.75, 3.05) is 32.5 Å². The second-order valence-electron chi connectivity index (χ2n) is 11.4. The van der Waals surface area contributed by atoms with Crippen LogP contribution in [0.25, 0.3) is 0 Å². The third kappa shape index (κ3) is 10.1. The van der Waals surface area contributed by atoms with E-state index in [-0.39, 0.29) is 43.3 Å². The summed E-state index contributed by atoms with van der Waals surface area (Å²) in [7, 11) is 3.72. The Morgan fingerprint density at radius 1 is 1.14 bits per heavy atom. The highest BCUT2D eigenvalue weighted by Gasteiger charge is 2.39. The molecule has 35 heavy (non-hydrogen) atoms. The van der Waals surface area contributed by atoms with Crippen LogP contribution in [0.5, 0.6) is 0 Å². The first-order valence-electron chi connectivity index (χ1n) is 12.4. The zero-order chi connectivity index (χ0) is 26.2. The van der Waals surface area contributed by atoms with Crippen LogP contribution in [0.2, 0.25) is 0 Å². The minimum Gasteiger partial charge on any atom is -0.346 e. The number of likely N-dealkylation sites (tertiary alicyclic amines) is 1. The molecule has 8 heteroatoms. The van der Waals surface area contributed by atoms with Crippen LogP contribution >= 0.6 is 0 Å². The largest absolute Gasteiger partial charge is 0.346 e. The zero-order valence-corrected chi connectivity index (χ0v) is 22.0. The van der Waals surface area contributed by atoms with Crippen molar-refractivity contribution in [2.45, 2.75) is 65.5 Å². The van der Waals surface area contributed by atoms with Crippen molar-refractivity contribution in [3.63, 3.8) is 0 Å². The molecule has 0 aromatic heterocycles. The number of hydrogen-bond donors (Lipinski definition) is 2. The fourth-order valence-corrected chi connectivity index (χ4v) is 3.79. The lowest BCUT2D eigenvalue weighted by Crippen LogP contribution is -2.48. The van der Waals surface area contributed by atoms with E-state index in [2.05, 4.69) is 44.4 Å². The average Bonchev–Trinajstić information content (AvgIpc) is 3.50. The molecule has 1 aliphatic carbocycles. The summed E-state index contributed by atoms with van der Waals surface area (Å²) in [5.41, 5.74) is 1.18. The van der Waals surface area contributed by atoms with Gasteiger partial charge in [0, 0.05) is 12.2 Å². The van der Waals surface area contributed by atoms with E-state index in [0.29, 0.717) is 17.0 Å². The van der Waals surface area contributed by atoms with Gasteiger partial charge in [0.1, 0.15) is 6.04 Å². The van der Waals surface area contributed by atoms with E-state index in [1.165, 1.54) is 4.90 Å². The highest BCUT2D eigenvalue weighted by molar-refractivity contribution is 5.94. The summed E-state index contributed by atoms with van der Waals surface area (Å²) >= 11 is 0. The molecule has 2 N–H and O–H groups in total. The molecule has 3 amide bonds. The quantitative estimate of drug-likeness (QED) is 0.590. The lowest BCUT2D eigenvalue weighted by atomic mass is 10.0. The summed E-state index contributed by atoms with van der Waals surface area (Å²) in [5, 5.41) is 15.0. The van der Waals surface area contributed by atoms with Gasteiger partial charge in [-0.2, -0.15) is 5.26 Å². The van der Waals surface area contributed by atoms with Gasteiger partial charge in [0.15, 0.2) is 0 Å². The van der Waals surface area contributed by atoms with Crippen LogP contribution in [0.15, 0.2) is 30.3 Å². The Hall–Kier alpha value is -2.92. The van der Waals surface area contributed by atoms with Crippen molar-refractivity contribution in [3.8, 4) is 6.07 Å². The molecule has 1 saturated carbocycles. The number of nitrogens with zero attached hydrogens (tertiary/aromatic N) is 3. The van der Waals surface area contributed by atoms with Crippen molar-refractivity contribution in [3.05, 3.63) is 30.3 Å². The lowest BCUT2D eigenvalue weighted by molar-refractivity contribution is -0.134. The van der Waals surface area contributed by atoms with Crippen LogP contribution in [0.4, 0.5) is 5.69 Å². The van der Waals surface area contributed by atoms with Crippen LogP contribution < -0.4 is 10.6 Å². The maximum atomic E-state index is 12.7. The second kappa shape index (κ2) is 12.7. The predicted octanol–water partition coefficient (Wildman–Crippen LogP) is 3.26. The summed E-state index contributed by atoms with van der Waals surface area (Å²) in [6, 6.07) is 10.3. The molecule has 0 spiro atoms. The predicted molar refractivity (Wildman–Crippen MR) is 137 cm³/mol. The molecule has 192 valence electrons. The normalized spacial score (nSPS) is 20.3. The molecule has 2 fully saturated rings. The molecule has 3 atom stereocenters. The molecule has 2 aliphatic rings. The summed E-state index contributed by atoms with van der Waals surface area (Å²) in [5.74, 6) is -0.596. The van der Waals surface area contributed by atoms with Crippen LogP contribution in [0.3, 0.4) is 0 Å². The van der Waals surface area contributed by atoms with Gasteiger partial charge in [0.05, 0.1) is 24.6 Å². The van der Waals surface area contributed by atoms with E-state index in [9.17, 15) is 19.6 Å². The first-order chi connectivity index (χ1) is 16.4. The van der Waals surface area contributed by atoms with Crippen LogP contribution in [-0.2, 0) is 14.4 Å². The molecule has 3 unspecified atom stereocenters. The van der Waals surface area contributed by atoms with Gasteiger partial charge < -0.3 is 15.5 Å². The van der Waals surface area contributed by atoms with Gasteiger partial charge in [-0.25, -0.2) is 0 Å². The van der Waals surface area contributed by atoms with Gasteiger partial charge in [-0.15, -0.1) is 0 Å². The monoisotopic (exact) mass is 483 g/mol. The SMILES string of the molecule is CC(C)(C)C.CN(C)C(CC1CC1)C(=O)NCC(=O)N1CC(C(=O)Nc2ccccc2)CC1C#N. The summed E-state index contributed by atoms with van der Waals surface area (Å²) < 4.78 is 0. The molecular weight excluding hydrogens is 442 g/mol. The molecule has 1 aromatic rings. The molecule has 1 aliphatic heterocycles. The Morgan fingerprint density at radius 2 is 1.74 bits per heavy atom. The summed E-state index contributed by atoms with van der Waals surface area (Å²) in [4.78, 5) is 41.1. The molecule has 0 bridgehead atoms. The topological polar surface area (TPSA) is 106 Å². The number of carbonyl (C=O) groups excluding carboxylic acids is 3. The maximum absolute atomic E-state index is 12.7. The fraction of sp³-hybridized carbons (Fsp3) is 0.630. The number of anilines is 1. The number of amides is 3. The van der Waals surface area contributed by atoms with Crippen molar-refractivity contribution >= 4 is 23.4 Å². The number of carbonyl (C=O) groups is 3. The van der Waals surface area contributed by atoms with Crippen LogP contribution in [-0.4, -0.2) is 66.8 Å². The number of likely N-dealkylation sites (N-methyl/N-ethyl adjacent to an activating group) is 1. The van der Waals surface area contributed by atoms with Crippen molar-refractivity contribution in [2.24, 2.45) is 17.3 Å². The van der Waals surface area contributed by atoms with Gasteiger partial charge >= 0.3 is 0 Å². The number of nitriles is 1. The van der Waals surface area contributed by atoms with Crippen LogP contribution in [0, 0.1) is 28.6 Å². The third-order valence-electron chi connectivity index (χ3n) is 5.78. The van der Waals surface area contributed by atoms with E-state index in [1.54, 1.807) is 12.1 Å². The fourth-order valence-electron chi connectivity index (χ4n) is 3.79. The molecule has 1 aromatic carbocycles. The molecule has 1 heterocycles. The highest BCUT2D eigenvalue weighted by Crippen LogP contribution is 2.34. The molecule has 8 nitrogen and oxygen atoms in total. The van der Waals surface area contributed by atoms with Gasteiger partial charge in [-0.1, -0.05) is 58.7 Å². The Kier molecular flexibility index (Phi) is 10.3. The second-order valence-corrected chi connectivity index (χ2v) is 11.4. The van der Waals surface area contributed by atoms with Crippen LogP contribution in [0.1, 0.15) is 53.4 Å². The number of benzene rings is 1. The van der Waals surface area contributed by atoms with Crippen molar-refractivity contribution in [1.29, 1.82) is 5.26 Å². The smallest absolute Gasteiger partial charge is 0.243 e. The minimum atomic E-state index is -0.669. The first-order valence-corrected chi connectivity index (χ1v) is 12.4. The summed E-state index contributed by atoms with van der Waals surface area (Å²) in [6.45, 7) is 8.75. The highest BCUT2D eigenvalue weighted by atomic mass is 16.2. The Labute approximate surface area is 210 Å². The average molecular weight is 484 g/mol. The Balaban J connectivity index is 0.000000784. The third-order valence-corrected chi connectivity index (χ3v) is 5.78. The first kappa shape index (κ1) is 28.3. The maximum Gasteiger partial charge on any atom is 0.243 e. The van der Waals surface area contributed by atoms with E-state index in [0.717, 1.165) is 19.3 Å². The number of rotatable bonds is 8. The molecular formula is C27H41N5O3. The number of nitrogens with one attached hydrogen (secondary N) is 2.